The first-order chi connectivity index (χ1) is 23.8. The number of carbonyl (C=O) groups is 1. The zero-order valence-electron chi connectivity index (χ0n) is 26.9. The monoisotopic (exact) mass is 714 g/mol. The number of nitrogens with zero attached hydrogens (tertiary/aromatic N) is 8. The Bertz CT molecular complexity index is 2120. The Morgan fingerprint density at radius 2 is 1.94 bits per heavy atom. The molecular formula is C32H32ClF3N9O5+. The lowest BCUT2D eigenvalue weighted by Gasteiger charge is -2.36. The lowest BCUT2D eigenvalue weighted by molar-refractivity contribution is -0.580. The number of nitroso groups, excluding NO2 is 1. The van der Waals surface area contributed by atoms with Gasteiger partial charge in [0.1, 0.15) is 22.0 Å². The van der Waals surface area contributed by atoms with E-state index in [0.29, 0.717) is 47.4 Å². The van der Waals surface area contributed by atoms with Crippen LogP contribution in [0.3, 0.4) is 0 Å². The van der Waals surface area contributed by atoms with E-state index in [1.54, 1.807) is 16.4 Å². The number of piperazine rings is 1. The van der Waals surface area contributed by atoms with E-state index in [-0.39, 0.29) is 72.2 Å². The summed E-state index contributed by atoms with van der Waals surface area (Å²) < 4.78 is 48.0. The minimum Gasteiger partial charge on any atom is -0.505 e. The molecule has 2 N–H and O–H groups in total. The van der Waals surface area contributed by atoms with Crippen LogP contribution < -0.4 is 15.9 Å². The van der Waals surface area contributed by atoms with Crippen LogP contribution in [0.4, 0.5) is 24.5 Å². The second-order valence-corrected chi connectivity index (χ2v) is 12.8. The zero-order valence-corrected chi connectivity index (χ0v) is 27.7. The number of hydrazine groups is 1. The summed E-state index contributed by atoms with van der Waals surface area (Å²) in [5.41, 5.74) is 3.27. The largest absolute Gasteiger partial charge is 0.505 e. The van der Waals surface area contributed by atoms with Gasteiger partial charge in [-0.15, -0.1) is 10.5 Å². The lowest BCUT2D eigenvalue weighted by Crippen LogP contribution is -2.50. The molecule has 7 rings (SSSR count). The maximum absolute atomic E-state index is 14.3. The molecule has 0 radical (unpaired) electrons. The molecule has 1 amide bonds. The Labute approximate surface area is 287 Å². The van der Waals surface area contributed by atoms with Crippen molar-refractivity contribution in [3.05, 3.63) is 85.2 Å². The average molecular weight is 715 g/mol. The van der Waals surface area contributed by atoms with Crippen molar-refractivity contribution in [2.45, 2.75) is 44.9 Å². The SMILES string of the molecule is Cc1nccc(C(=O)N2CCN(c3c4n(c5nc(C6=CCOCC6)nn5c3=O)[C@@H]([N+](=O)Nc3ccc(C(F)(F)F)cc3Cl)C[C@H]4C)CC2)c1O. The Kier molecular flexibility index (Phi) is 8.50. The summed E-state index contributed by atoms with van der Waals surface area (Å²) in [7, 11) is 0. The number of alkyl halides is 3. The third-order valence-corrected chi connectivity index (χ3v) is 9.61. The molecule has 0 aliphatic carbocycles. The van der Waals surface area contributed by atoms with Crippen molar-refractivity contribution in [2.75, 3.05) is 49.7 Å². The van der Waals surface area contributed by atoms with Gasteiger partial charge >= 0.3 is 12.3 Å². The first kappa shape index (κ1) is 33.5. The zero-order chi connectivity index (χ0) is 35.5. The highest BCUT2D eigenvalue weighted by atomic mass is 35.5. The molecule has 4 aromatic rings. The van der Waals surface area contributed by atoms with Crippen LogP contribution in [0, 0.1) is 11.8 Å². The smallest absolute Gasteiger partial charge is 0.416 e. The van der Waals surface area contributed by atoms with Crippen LogP contribution in [0.1, 0.15) is 65.0 Å². The van der Waals surface area contributed by atoms with E-state index < -0.39 is 23.5 Å². The first-order valence-corrected chi connectivity index (χ1v) is 16.3. The average Bonchev–Trinajstić information content (AvgIpc) is 3.69. The number of aromatic hydroxyl groups is 1. The number of anilines is 2. The van der Waals surface area contributed by atoms with Crippen molar-refractivity contribution < 1.29 is 32.7 Å². The number of aryl methyl sites for hydroxylation is 1. The number of hydrogen-bond acceptors (Lipinski definition) is 9. The van der Waals surface area contributed by atoms with Crippen LogP contribution in [0.25, 0.3) is 11.4 Å². The van der Waals surface area contributed by atoms with E-state index in [4.69, 9.17) is 21.3 Å². The number of aromatic nitrogens is 5. The van der Waals surface area contributed by atoms with Gasteiger partial charge in [-0.1, -0.05) is 24.6 Å². The molecule has 3 aliphatic heterocycles. The molecule has 1 fully saturated rings. The third-order valence-electron chi connectivity index (χ3n) is 9.30. The fourth-order valence-corrected chi connectivity index (χ4v) is 6.92. The number of rotatable bonds is 6. The molecule has 0 saturated carbocycles. The Balaban J connectivity index is 1.26. The van der Waals surface area contributed by atoms with E-state index in [9.17, 15) is 32.8 Å². The highest BCUT2D eigenvalue weighted by Crippen LogP contribution is 2.42. The van der Waals surface area contributed by atoms with Crippen molar-refractivity contribution in [1.29, 1.82) is 0 Å². The fourth-order valence-electron chi connectivity index (χ4n) is 6.70. The number of carbonyl (C=O) groups excluding carboxylic acids is 1. The van der Waals surface area contributed by atoms with Gasteiger partial charge in [-0.25, -0.2) is 4.57 Å². The number of amides is 1. The van der Waals surface area contributed by atoms with Gasteiger partial charge < -0.3 is 19.6 Å². The van der Waals surface area contributed by atoms with Crippen LogP contribution in [-0.4, -0.2) is 84.3 Å². The van der Waals surface area contributed by atoms with E-state index in [1.165, 1.54) is 16.8 Å². The number of nitrogens with one attached hydrogen (secondary N) is 1. The van der Waals surface area contributed by atoms with E-state index in [1.807, 2.05) is 17.9 Å². The van der Waals surface area contributed by atoms with Crippen LogP contribution in [0.15, 0.2) is 41.3 Å². The summed E-state index contributed by atoms with van der Waals surface area (Å²) in [5.74, 6) is -0.443. The molecule has 1 saturated heterocycles. The van der Waals surface area contributed by atoms with Crippen molar-refractivity contribution in [1.82, 2.24) is 29.0 Å². The first-order valence-electron chi connectivity index (χ1n) is 15.9. The fraction of sp³-hybridized carbons (Fsp3) is 0.406. The van der Waals surface area contributed by atoms with Gasteiger partial charge in [-0.2, -0.15) is 22.7 Å². The third kappa shape index (κ3) is 5.83. The van der Waals surface area contributed by atoms with E-state index >= 15 is 0 Å². The minimum absolute atomic E-state index is 0.0289. The highest BCUT2D eigenvalue weighted by molar-refractivity contribution is 6.33. The predicted molar refractivity (Wildman–Crippen MR) is 175 cm³/mol. The van der Waals surface area contributed by atoms with Crippen LogP contribution in [-0.2, 0) is 10.9 Å². The summed E-state index contributed by atoms with van der Waals surface area (Å²) in [6.07, 6.45) is -1.58. The maximum Gasteiger partial charge on any atom is 0.416 e. The molecule has 262 valence electrons. The lowest BCUT2D eigenvalue weighted by atomic mass is 10.0. The number of pyridine rings is 1. The number of ether oxygens (including phenoxy) is 1. The normalized spacial score (nSPS) is 19.4. The Morgan fingerprint density at radius 1 is 1.18 bits per heavy atom. The quantitative estimate of drug-likeness (QED) is 0.215. The Hall–Kier alpha value is -5.03. The van der Waals surface area contributed by atoms with Crippen LogP contribution >= 0.6 is 11.6 Å². The van der Waals surface area contributed by atoms with Crippen molar-refractivity contribution in [3.8, 4) is 5.75 Å². The Morgan fingerprint density at radius 3 is 2.62 bits per heavy atom. The molecule has 3 aliphatic rings. The number of halogens is 4. The van der Waals surface area contributed by atoms with E-state index in [2.05, 4.69) is 15.5 Å². The minimum atomic E-state index is -4.61. The van der Waals surface area contributed by atoms with Crippen LogP contribution in [0.2, 0.25) is 5.02 Å². The van der Waals surface area contributed by atoms with Gasteiger partial charge in [0.05, 0.1) is 45.7 Å². The van der Waals surface area contributed by atoms with Gasteiger partial charge in [0.15, 0.2) is 5.82 Å². The van der Waals surface area contributed by atoms with Crippen LogP contribution in [0.5, 0.6) is 5.75 Å². The van der Waals surface area contributed by atoms with Crippen molar-refractivity contribution >= 4 is 40.2 Å². The second-order valence-electron chi connectivity index (χ2n) is 12.4. The predicted octanol–water partition coefficient (Wildman–Crippen LogP) is 4.55. The van der Waals surface area contributed by atoms with Gasteiger partial charge in [-0.3, -0.25) is 14.6 Å². The highest BCUT2D eigenvalue weighted by Gasteiger charge is 2.45. The summed E-state index contributed by atoms with van der Waals surface area (Å²) in [5, 5.41) is 14.7. The molecule has 0 unspecified atom stereocenters. The van der Waals surface area contributed by atoms with Crippen molar-refractivity contribution in [3.63, 3.8) is 0 Å². The molecule has 3 aromatic heterocycles. The topological polar surface area (TPSA) is 150 Å². The molecule has 6 heterocycles. The molecule has 14 nitrogen and oxygen atoms in total. The summed E-state index contributed by atoms with van der Waals surface area (Å²) >= 11 is 6.17. The van der Waals surface area contributed by atoms with Gasteiger partial charge in [0.25, 0.3) is 11.5 Å². The van der Waals surface area contributed by atoms with Crippen molar-refractivity contribution in [2.24, 2.45) is 0 Å². The van der Waals surface area contributed by atoms with Gasteiger partial charge in [0.2, 0.25) is 5.78 Å². The van der Waals surface area contributed by atoms with Gasteiger partial charge in [0, 0.05) is 44.7 Å². The second kappa shape index (κ2) is 12.7. The number of fused-ring (bicyclic) bond motifs is 3. The molecule has 0 spiro atoms. The summed E-state index contributed by atoms with van der Waals surface area (Å²) in [6.45, 7) is 5.31. The standard InChI is InChI=1S/C32H31ClF3N9O5/c1-17-15-24(45(49)39-23-4-3-20(16-22(23)33)32(34,35)36)43-25(17)26(30(48)44-31(43)38-28(40-44)19-6-13-50-14-7-19)41-9-11-42(12-10-41)29(47)21-5-8-37-18(2)27(21)46/h3-6,8,16-17,24H,7,9-15H2,1-2H3,(H-,39,46,47,49)/p+1/t17-,24+/m1/s1. The molecule has 1 aromatic carbocycles. The maximum atomic E-state index is 14.3. The summed E-state index contributed by atoms with van der Waals surface area (Å²) in [6, 6.07) is 4.11. The molecular weight excluding hydrogens is 683 g/mol. The van der Waals surface area contributed by atoms with Gasteiger partial charge in [-0.05, 0) is 43.2 Å². The summed E-state index contributed by atoms with van der Waals surface area (Å²) in [4.78, 5) is 54.1. The molecule has 0 bridgehead atoms. The molecule has 50 heavy (non-hydrogen) atoms. The van der Waals surface area contributed by atoms with E-state index in [0.717, 1.165) is 23.8 Å². The number of hydrogen-bond donors (Lipinski definition) is 2. The number of benzene rings is 1. The molecule has 2 atom stereocenters. The molecule has 18 heteroatoms.